The van der Waals surface area contributed by atoms with Crippen LogP contribution in [0.5, 0.6) is 0 Å². The monoisotopic (exact) mass is 306 g/mol. The maximum atomic E-state index is 12.3. The third-order valence-electron chi connectivity index (χ3n) is 2.74. The quantitative estimate of drug-likeness (QED) is 0.945. The van der Waals surface area contributed by atoms with Crippen LogP contribution in [0.3, 0.4) is 0 Å². The molecule has 2 aromatic rings. The fourth-order valence-electron chi connectivity index (χ4n) is 1.74. The van der Waals surface area contributed by atoms with Crippen LogP contribution in [-0.4, -0.2) is 8.42 Å². The number of halogens is 1. The van der Waals surface area contributed by atoms with E-state index in [4.69, 9.17) is 16.9 Å². The minimum absolute atomic E-state index is 0.0513. The zero-order valence-corrected chi connectivity index (χ0v) is 12.2. The molecule has 0 saturated carbocycles. The molecule has 102 valence electrons. The number of nitrogens with one attached hydrogen (secondary N) is 1. The van der Waals surface area contributed by atoms with Gasteiger partial charge in [-0.25, -0.2) is 8.42 Å². The van der Waals surface area contributed by atoms with Crippen molar-refractivity contribution in [1.82, 2.24) is 0 Å². The molecule has 6 heteroatoms. The van der Waals surface area contributed by atoms with Crippen molar-refractivity contribution in [1.29, 1.82) is 5.26 Å². The summed E-state index contributed by atoms with van der Waals surface area (Å²) < 4.78 is 26.9. The molecule has 20 heavy (non-hydrogen) atoms. The third-order valence-corrected chi connectivity index (χ3v) is 4.33. The van der Waals surface area contributed by atoms with E-state index in [1.807, 2.05) is 6.07 Å². The van der Waals surface area contributed by atoms with E-state index in [2.05, 4.69) is 4.72 Å². The summed E-state index contributed by atoms with van der Waals surface area (Å²) in [6.07, 6.45) is 0. The zero-order valence-electron chi connectivity index (χ0n) is 10.6. The lowest BCUT2D eigenvalue weighted by Gasteiger charge is -2.10. The summed E-state index contributed by atoms with van der Waals surface area (Å²) in [6, 6.07) is 12.9. The number of sulfonamides is 1. The molecule has 0 bridgehead atoms. The molecule has 0 aromatic heterocycles. The van der Waals surface area contributed by atoms with Crippen LogP contribution in [0.15, 0.2) is 47.4 Å². The molecule has 0 atom stereocenters. The average molecular weight is 307 g/mol. The maximum Gasteiger partial charge on any atom is 0.261 e. The van der Waals surface area contributed by atoms with Gasteiger partial charge in [0, 0.05) is 5.02 Å². The van der Waals surface area contributed by atoms with Gasteiger partial charge in [0.25, 0.3) is 10.0 Å². The second-order valence-corrected chi connectivity index (χ2v) is 6.29. The van der Waals surface area contributed by atoms with Gasteiger partial charge in [-0.1, -0.05) is 29.8 Å². The Labute approximate surface area is 122 Å². The number of aryl methyl sites for hydroxylation is 1. The molecule has 0 saturated heterocycles. The molecular weight excluding hydrogens is 296 g/mol. The van der Waals surface area contributed by atoms with Crippen molar-refractivity contribution in [3.8, 4) is 6.07 Å². The van der Waals surface area contributed by atoms with Gasteiger partial charge in [0.1, 0.15) is 6.07 Å². The molecule has 0 radical (unpaired) electrons. The van der Waals surface area contributed by atoms with Crippen LogP contribution in [0.1, 0.15) is 11.1 Å². The van der Waals surface area contributed by atoms with Crippen molar-refractivity contribution in [3.05, 3.63) is 58.6 Å². The van der Waals surface area contributed by atoms with Crippen LogP contribution < -0.4 is 4.72 Å². The summed E-state index contributed by atoms with van der Waals surface area (Å²) in [5.41, 5.74) is 1.27. The minimum atomic E-state index is -3.77. The standard InChI is InChI=1S/C14H11ClN2O2S/c1-10-4-2-7-14(13(10)9-16)17-20(18,19)12-6-3-5-11(15)8-12/h2-8,17H,1H3. The Morgan fingerprint density at radius 3 is 2.55 bits per heavy atom. The Balaban J connectivity index is 2.45. The van der Waals surface area contributed by atoms with Crippen LogP contribution in [0.4, 0.5) is 5.69 Å². The van der Waals surface area contributed by atoms with Crippen molar-refractivity contribution >= 4 is 27.3 Å². The zero-order chi connectivity index (χ0) is 14.8. The van der Waals surface area contributed by atoms with E-state index in [0.29, 0.717) is 16.1 Å². The van der Waals surface area contributed by atoms with Crippen molar-refractivity contribution in [2.75, 3.05) is 4.72 Å². The highest BCUT2D eigenvalue weighted by atomic mass is 35.5. The lowest BCUT2D eigenvalue weighted by atomic mass is 10.1. The highest BCUT2D eigenvalue weighted by molar-refractivity contribution is 7.92. The first-order valence-corrected chi connectivity index (χ1v) is 7.58. The van der Waals surface area contributed by atoms with Gasteiger partial charge in [-0.15, -0.1) is 0 Å². The number of rotatable bonds is 3. The topological polar surface area (TPSA) is 70.0 Å². The van der Waals surface area contributed by atoms with Crippen LogP contribution in [0, 0.1) is 18.3 Å². The second kappa shape index (κ2) is 5.53. The lowest BCUT2D eigenvalue weighted by molar-refractivity contribution is 0.601. The molecule has 0 aliphatic carbocycles. The molecule has 2 rings (SSSR count). The summed E-state index contributed by atoms with van der Waals surface area (Å²) in [5, 5.41) is 9.44. The Morgan fingerprint density at radius 1 is 1.20 bits per heavy atom. The number of hydrogen-bond donors (Lipinski definition) is 1. The summed E-state index contributed by atoms with van der Waals surface area (Å²) in [7, 11) is -3.77. The Bertz CT molecular complexity index is 795. The van der Waals surface area contributed by atoms with E-state index in [1.54, 1.807) is 37.3 Å². The van der Waals surface area contributed by atoms with E-state index in [9.17, 15) is 8.42 Å². The maximum absolute atomic E-state index is 12.3. The molecule has 4 nitrogen and oxygen atoms in total. The van der Waals surface area contributed by atoms with Gasteiger partial charge in [-0.3, -0.25) is 4.72 Å². The predicted octanol–water partition coefficient (Wildman–Crippen LogP) is 3.32. The second-order valence-electron chi connectivity index (χ2n) is 4.17. The molecule has 1 N–H and O–H groups in total. The molecular formula is C14H11ClN2O2S. The largest absolute Gasteiger partial charge is 0.278 e. The molecule has 2 aromatic carbocycles. The van der Waals surface area contributed by atoms with Gasteiger partial charge in [0.05, 0.1) is 16.1 Å². The predicted molar refractivity (Wildman–Crippen MR) is 78.2 cm³/mol. The van der Waals surface area contributed by atoms with Gasteiger partial charge in [-0.2, -0.15) is 5.26 Å². The Hall–Kier alpha value is -2.03. The van der Waals surface area contributed by atoms with Crippen LogP contribution in [-0.2, 0) is 10.0 Å². The van der Waals surface area contributed by atoms with Crippen molar-refractivity contribution in [2.24, 2.45) is 0 Å². The summed E-state index contributed by atoms with van der Waals surface area (Å²) in [5.74, 6) is 0. The highest BCUT2D eigenvalue weighted by Crippen LogP contribution is 2.23. The summed E-state index contributed by atoms with van der Waals surface area (Å²) in [6.45, 7) is 1.75. The van der Waals surface area contributed by atoms with Crippen LogP contribution >= 0.6 is 11.6 Å². The SMILES string of the molecule is Cc1cccc(NS(=O)(=O)c2cccc(Cl)c2)c1C#N. The van der Waals surface area contributed by atoms with Crippen molar-refractivity contribution in [3.63, 3.8) is 0 Å². The minimum Gasteiger partial charge on any atom is -0.278 e. The van der Waals surface area contributed by atoms with Crippen molar-refractivity contribution < 1.29 is 8.42 Å². The fraction of sp³-hybridized carbons (Fsp3) is 0.0714. The Morgan fingerprint density at radius 2 is 1.90 bits per heavy atom. The van der Waals surface area contributed by atoms with Gasteiger partial charge >= 0.3 is 0 Å². The number of hydrogen-bond acceptors (Lipinski definition) is 3. The highest BCUT2D eigenvalue weighted by Gasteiger charge is 2.16. The molecule has 0 amide bonds. The molecule has 0 aliphatic rings. The van der Waals surface area contributed by atoms with Gasteiger partial charge in [-0.05, 0) is 36.8 Å². The molecule has 0 aliphatic heterocycles. The van der Waals surface area contributed by atoms with Gasteiger partial charge < -0.3 is 0 Å². The number of nitrogens with zero attached hydrogens (tertiary/aromatic N) is 1. The first-order chi connectivity index (χ1) is 9.44. The number of nitriles is 1. The summed E-state index contributed by atoms with van der Waals surface area (Å²) in [4.78, 5) is 0.0513. The average Bonchev–Trinajstić information content (AvgIpc) is 2.38. The van der Waals surface area contributed by atoms with Gasteiger partial charge in [0.15, 0.2) is 0 Å². The first kappa shape index (κ1) is 14.4. The first-order valence-electron chi connectivity index (χ1n) is 5.72. The van der Waals surface area contributed by atoms with Crippen LogP contribution in [0.2, 0.25) is 5.02 Å². The Kier molecular flexibility index (Phi) is 3.98. The lowest BCUT2D eigenvalue weighted by Crippen LogP contribution is -2.14. The van der Waals surface area contributed by atoms with E-state index >= 15 is 0 Å². The fourth-order valence-corrected chi connectivity index (χ4v) is 3.11. The van der Waals surface area contributed by atoms with E-state index < -0.39 is 10.0 Å². The summed E-state index contributed by atoms with van der Waals surface area (Å²) >= 11 is 5.79. The smallest absolute Gasteiger partial charge is 0.261 e. The molecule has 0 heterocycles. The normalized spacial score (nSPS) is 10.8. The third kappa shape index (κ3) is 2.93. The van der Waals surface area contributed by atoms with Crippen molar-refractivity contribution in [2.45, 2.75) is 11.8 Å². The van der Waals surface area contributed by atoms with E-state index in [-0.39, 0.29) is 10.6 Å². The van der Waals surface area contributed by atoms with Gasteiger partial charge in [0.2, 0.25) is 0 Å². The van der Waals surface area contributed by atoms with E-state index in [1.165, 1.54) is 12.1 Å². The number of benzene rings is 2. The molecule has 0 spiro atoms. The molecule has 0 fully saturated rings. The molecule has 0 unspecified atom stereocenters. The van der Waals surface area contributed by atoms with E-state index in [0.717, 1.165) is 0 Å². The van der Waals surface area contributed by atoms with Crippen LogP contribution in [0.25, 0.3) is 0 Å². The number of anilines is 1.